The van der Waals surface area contributed by atoms with E-state index < -0.39 is 0 Å². The Bertz CT molecular complexity index is 913. The summed E-state index contributed by atoms with van der Waals surface area (Å²) in [6.45, 7) is 4.11. The summed E-state index contributed by atoms with van der Waals surface area (Å²) in [5.74, 6) is 2.07. The van der Waals surface area contributed by atoms with Gasteiger partial charge >= 0.3 is 0 Å². The number of nitrogens with one attached hydrogen (secondary N) is 1. The maximum atomic E-state index is 4.82. The van der Waals surface area contributed by atoms with E-state index in [2.05, 4.69) is 40.5 Å². The van der Waals surface area contributed by atoms with Gasteiger partial charge in [-0.2, -0.15) is 0 Å². The Labute approximate surface area is 153 Å². The minimum Gasteiger partial charge on any atom is -0.355 e. The van der Waals surface area contributed by atoms with Crippen LogP contribution >= 0.6 is 0 Å². The lowest BCUT2D eigenvalue weighted by Gasteiger charge is -2.41. The van der Waals surface area contributed by atoms with Crippen molar-refractivity contribution in [2.75, 3.05) is 31.1 Å². The third-order valence-electron chi connectivity index (χ3n) is 5.66. The highest BCUT2D eigenvalue weighted by atomic mass is 15.2. The molecule has 2 aliphatic heterocycles. The molecule has 132 valence electrons. The summed E-state index contributed by atoms with van der Waals surface area (Å²) in [6, 6.07) is 12.6. The molecule has 0 bridgehead atoms. The predicted octanol–water partition coefficient (Wildman–Crippen LogP) is 3.10. The second kappa shape index (κ2) is 6.65. The quantitative estimate of drug-likeness (QED) is 0.790. The maximum Gasteiger partial charge on any atom is 0.129 e. The lowest BCUT2D eigenvalue weighted by molar-refractivity contribution is 0.436. The van der Waals surface area contributed by atoms with Crippen LogP contribution in [0.1, 0.15) is 36.1 Å². The van der Waals surface area contributed by atoms with Crippen LogP contribution in [0.5, 0.6) is 0 Å². The second-order valence-electron chi connectivity index (χ2n) is 7.32. The van der Waals surface area contributed by atoms with Crippen LogP contribution in [0.15, 0.2) is 48.8 Å². The molecule has 0 saturated carbocycles. The molecule has 0 atom stereocenters. The zero-order chi connectivity index (χ0) is 17.3. The van der Waals surface area contributed by atoms with Crippen LogP contribution in [0.3, 0.4) is 0 Å². The Kier molecular flexibility index (Phi) is 4.02. The van der Waals surface area contributed by atoms with Crippen molar-refractivity contribution < 1.29 is 0 Å². The van der Waals surface area contributed by atoms with Gasteiger partial charge in [0, 0.05) is 42.7 Å². The number of piperidine rings is 1. The maximum absolute atomic E-state index is 4.82. The first-order chi connectivity index (χ1) is 12.9. The van der Waals surface area contributed by atoms with Gasteiger partial charge in [0.1, 0.15) is 5.82 Å². The first-order valence-corrected chi connectivity index (χ1v) is 9.51. The fourth-order valence-electron chi connectivity index (χ4n) is 4.15. The Balaban J connectivity index is 1.35. The first kappa shape index (κ1) is 15.7. The molecular formula is C21H23N5. The van der Waals surface area contributed by atoms with Gasteiger partial charge in [-0.05, 0) is 44.1 Å². The van der Waals surface area contributed by atoms with Gasteiger partial charge in [0.25, 0.3) is 0 Å². The molecule has 0 aliphatic carbocycles. The third kappa shape index (κ3) is 2.82. The molecule has 0 radical (unpaired) electrons. The monoisotopic (exact) mass is 345 g/mol. The summed E-state index contributed by atoms with van der Waals surface area (Å²) in [5, 5.41) is 4.63. The lowest BCUT2D eigenvalue weighted by Crippen LogP contribution is -2.46. The van der Waals surface area contributed by atoms with E-state index in [0.717, 1.165) is 50.4 Å². The number of benzene rings is 1. The highest BCUT2D eigenvalue weighted by Crippen LogP contribution is 2.35. The third-order valence-corrected chi connectivity index (χ3v) is 5.66. The van der Waals surface area contributed by atoms with Gasteiger partial charge in [-0.3, -0.25) is 9.97 Å². The van der Waals surface area contributed by atoms with E-state index in [1.54, 1.807) is 0 Å². The van der Waals surface area contributed by atoms with Gasteiger partial charge in [-0.25, -0.2) is 4.98 Å². The van der Waals surface area contributed by atoms with Crippen LogP contribution in [-0.4, -0.2) is 41.1 Å². The molecule has 2 aliphatic rings. The van der Waals surface area contributed by atoms with Crippen molar-refractivity contribution >= 4 is 16.7 Å². The van der Waals surface area contributed by atoms with Gasteiger partial charge in [0.2, 0.25) is 0 Å². The van der Waals surface area contributed by atoms with Crippen LogP contribution in [0.4, 0.5) is 5.82 Å². The number of para-hydroxylation sites is 1. The molecule has 26 heavy (non-hydrogen) atoms. The van der Waals surface area contributed by atoms with E-state index in [-0.39, 0.29) is 0 Å². The highest BCUT2D eigenvalue weighted by Gasteiger charge is 2.34. The zero-order valence-corrected chi connectivity index (χ0v) is 14.8. The normalized spacial score (nSPS) is 18.8. The first-order valence-electron chi connectivity index (χ1n) is 9.51. The number of rotatable bonds is 3. The van der Waals surface area contributed by atoms with Crippen molar-refractivity contribution in [2.24, 2.45) is 0 Å². The topological polar surface area (TPSA) is 53.9 Å². The van der Waals surface area contributed by atoms with E-state index >= 15 is 0 Å². The zero-order valence-electron chi connectivity index (χ0n) is 14.8. The molecule has 1 aromatic carbocycles. The van der Waals surface area contributed by atoms with Gasteiger partial charge in [-0.15, -0.1) is 0 Å². The summed E-state index contributed by atoms with van der Waals surface area (Å²) < 4.78 is 0. The molecule has 0 unspecified atom stereocenters. The van der Waals surface area contributed by atoms with Gasteiger partial charge in [0.05, 0.1) is 16.9 Å². The summed E-state index contributed by atoms with van der Waals surface area (Å²) in [4.78, 5) is 16.6. The minimum absolute atomic E-state index is 0.460. The molecule has 5 rings (SSSR count). The minimum atomic E-state index is 0.460. The fraction of sp³-hybridized carbons (Fsp3) is 0.381. The number of hydrogen-bond donors (Lipinski definition) is 1. The molecule has 5 heteroatoms. The number of nitrogens with zero attached hydrogens (tertiary/aromatic N) is 4. The molecule has 2 saturated heterocycles. The average Bonchev–Trinajstić information content (AvgIpc) is 2.68. The molecule has 3 aromatic rings. The van der Waals surface area contributed by atoms with E-state index in [4.69, 9.17) is 15.0 Å². The van der Waals surface area contributed by atoms with E-state index in [0.29, 0.717) is 11.8 Å². The van der Waals surface area contributed by atoms with Crippen LogP contribution in [0.2, 0.25) is 0 Å². The SMILES string of the molecule is c1ccc2nc(N3CC(c4nccnc4C4CCNCC4)C3)ccc2c1. The Morgan fingerprint density at radius 3 is 2.38 bits per heavy atom. The standard InChI is InChI=1S/C21H23N5/c1-2-4-18-15(3-1)5-6-19(25-18)26-13-17(14-26)21-20(23-11-12-24-21)16-7-9-22-10-8-16/h1-6,11-12,16-17,22H,7-10,13-14H2. The summed E-state index contributed by atoms with van der Waals surface area (Å²) in [5.41, 5.74) is 3.49. The molecule has 2 fully saturated rings. The number of aromatic nitrogens is 3. The Morgan fingerprint density at radius 2 is 1.58 bits per heavy atom. The van der Waals surface area contributed by atoms with Crippen LogP contribution < -0.4 is 10.2 Å². The van der Waals surface area contributed by atoms with Crippen molar-refractivity contribution in [1.82, 2.24) is 20.3 Å². The van der Waals surface area contributed by atoms with Crippen molar-refractivity contribution in [3.63, 3.8) is 0 Å². The number of anilines is 1. The molecule has 0 amide bonds. The van der Waals surface area contributed by atoms with Gasteiger partial charge < -0.3 is 10.2 Å². The van der Waals surface area contributed by atoms with Crippen molar-refractivity contribution in [3.05, 3.63) is 60.2 Å². The van der Waals surface area contributed by atoms with Gasteiger partial charge in [-0.1, -0.05) is 18.2 Å². The lowest BCUT2D eigenvalue weighted by atomic mass is 9.86. The largest absolute Gasteiger partial charge is 0.355 e. The Hall–Kier alpha value is -2.53. The van der Waals surface area contributed by atoms with Crippen molar-refractivity contribution in [2.45, 2.75) is 24.7 Å². The summed E-state index contributed by atoms with van der Waals surface area (Å²) in [7, 11) is 0. The van der Waals surface area contributed by atoms with E-state index in [1.807, 2.05) is 18.5 Å². The fourth-order valence-corrected chi connectivity index (χ4v) is 4.15. The predicted molar refractivity (Wildman–Crippen MR) is 104 cm³/mol. The van der Waals surface area contributed by atoms with Crippen LogP contribution in [0, 0.1) is 0 Å². The molecular weight excluding hydrogens is 322 g/mol. The van der Waals surface area contributed by atoms with Crippen LogP contribution in [-0.2, 0) is 0 Å². The van der Waals surface area contributed by atoms with E-state index in [9.17, 15) is 0 Å². The van der Waals surface area contributed by atoms with Crippen LogP contribution in [0.25, 0.3) is 10.9 Å². The van der Waals surface area contributed by atoms with Crippen molar-refractivity contribution in [3.8, 4) is 0 Å². The number of pyridine rings is 1. The molecule has 0 spiro atoms. The molecule has 1 N–H and O–H groups in total. The molecule has 5 nitrogen and oxygen atoms in total. The summed E-state index contributed by atoms with van der Waals surface area (Å²) >= 11 is 0. The molecule has 2 aromatic heterocycles. The van der Waals surface area contributed by atoms with E-state index in [1.165, 1.54) is 16.8 Å². The average molecular weight is 345 g/mol. The molecule has 4 heterocycles. The number of hydrogen-bond acceptors (Lipinski definition) is 5. The number of fused-ring (bicyclic) bond motifs is 1. The second-order valence-corrected chi connectivity index (χ2v) is 7.32. The van der Waals surface area contributed by atoms with Crippen molar-refractivity contribution in [1.29, 1.82) is 0 Å². The highest BCUT2D eigenvalue weighted by molar-refractivity contribution is 5.80. The summed E-state index contributed by atoms with van der Waals surface area (Å²) in [6.07, 6.45) is 6.02. The van der Waals surface area contributed by atoms with Gasteiger partial charge in [0.15, 0.2) is 0 Å². The Morgan fingerprint density at radius 1 is 0.846 bits per heavy atom. The smallest absolute Gasteiger partial charge is 0.129 e.